The summed E-state index contributed by atoms with van der Waals surface area (Å²) in [5.41, 5.74) is 4.03. The van der Waals surface area contributed by atoms with E-state index < -0.39 is 0 Å². The molecular formula is C32H28N2O3S. The average Bonchev–Trinajstić information content (AvgIpc) is 3.64. The van der Waals surface area contributed by atoms with E-state index >= 15 is 0 Å². The van der Waals surface area contributed by atoms with Crippen molar-refractivity contribution in [2.24, 2.45) is 0 Å². The molecule has 0 unspecified atom stereocenters. The van der Waals surface area contributed by atoms with Gasteiger partial charge < -0.3 is 14.2 Å². The molecule has 0 bridgehead atoms. The second-order valence-electron chi connectivity index (χ2n) is 9.66. The second kappa shape index (κ2) is 10.3. The smallest absolute Gasteiger partial charge is 0.255 e. The summed E-state index contributed by atoms with van der Waals surface area (Å²) in [7, 11) is 0. The van der Waals surface area contributed by atoms with E-state index in [1.54, 1.807) is 28.6 Å². The van der Waals surface area contributed by atoms with Crippen molar-refractivity contribution in [2.75, 3.05) is 13.1 Å². The molecule has 0 saturated carbocycles. The quantitative estimate of drug-likeness (QED) is 0.253. The van der Waals surface area contributed by atoms with E-state index in [1.165, 1.54) is 10.4 Å². The van der Waals surface area contributed by atoms with Crippen LogP contribution in [0.3, 0.4) is 0 Å². The third-order valence-electron chi connectivity index (χ3n) is 7.33. The maximum absolute atomic E-state index is 14.1. The third-order valence-corrected chi connectivity index (χ3v) is 8.33. The number of aryl methyl sites for hydroxylation is 1. The van der Waals surface area contributed by atoms with Gasteiger partial charge in [-0.1, -0.05) is 60.7 Å². The highest BCUT2D eigenvalue weighted by atomic mass is 32.1. The lowest BCUT2D eigenvalue weighted by Gasteiger charge is -2.38. The molecule has 0 saturated heterocycles. The highest BCUT2D eigenvalue weighted by Gasteiger charge is 2.35. The minimum Gasteiger partial charge on any atom is -0.467 e. The summed E-state index contributed by atoms with van der Waals surface area (Å²) in [6, 6.07) is 27.4. The SMILES string of the molecule is Cc1ccccc1[C@H]1c2ccsc2CCN1C(=O)CN(Cc1ccco1)C(=O)c1cccc2ccccc12. The summed E-state index contributed by atoms with van der Waals surface area (Å²) < 4.78 is 5.59. The van der Waals surface area contributed by atoms with E-state index in [0.29, 0.717) is 17.9 Å². The first-order valence-electron chi connectivity index (χ1n) is 12.8. The number of fused-ring (bicyclic) bond motifs is 2. The summed E-state index contributed by atoms with van der Waals surface area (Å²) >= 11 is 1.75. The molecule has 6 rings (SSSR count). The zero-order valence-corrected chi connectivity index (χ0v) is 22.0. The van der Waals surface area contributed by atoms with Gasteiger partial charge in [-0.25, -0.2) is 0 Å². The van der Waals surface area contributed by atoms with Gasteiger partial charge in [-0.2, -0.15) is 0 Å². The lowest BCUT2D eigenvalue weighted by molar-refractivity contribution is -0.134. The molecule has 2 amide bonds. The van der Waals surface area contributed by atoms with E-state index in [-0.39, 0.29) is 30.9 Å². The van der Waals surface area contributed by atoms with Crippen LogP contribution in [0.25, 0.3) is 10.8 Å². The molecule has 1 atom stereocenters. The lowest BCUT2D eigenvalue weighted by Crippen LogP contribution is -2.46. The molecule has 0 N–H and O–H groups in total. The molecule has 5 aromatic rings. The first-order valence-corrected chi connectivity index (χ1v) is 13.7. The summed E-state index contributed by atoms with van der Waals surface area (Å²) in [6.07, 6.45) is 2.41. The fourth-order valence-corrected chi connectivity index (χ4v) is 6.34. The Morgan fingerprint density at radius 1 is 0.947 bits per heavy atom. The van der Waals surface area contributed by atoms with E-state index in [1.807, 2.05) is 65.6 Å². The standard InChI is InChI=1S/C32H28N2O3S/c1-22-8-2-4-12-25(22)31-28-16-19-38-29(28)15-17-34(31)30(35)21-33(20-24-11-7-18-37-24)32(36)27-14-6-10-23-9-3-5-13-26(23)27/h2-14,16,18-19,31H,15,17,20-21H2,1H3/t31-/m0/s1. The minimum absolute atomic E-state index is 0.0371. The zero-order valence-electron chi connectivity index (χ0n) is 21.2. The predicted molar refractivity (Wildman–Crippen MR) is 150 cm³/mol. The monoisotopic (exact) mass is 520 g/mol. The van der Waals surface area contributed by atoms with Crippen LogP contribution in [-0.4, -0.2) is 34.7 Å². The molecule has 1 aliphatic rings. The molecule has 6 heteroatoms. The predicted octanol–water partition coefficient (Wildman–Crippen LogP) is 6.62. The van der Waals surface area contributed by atoms with Crippen LogP contribution < -0.4 is 0 Å². The molecule has 3 aromatic carbocycles. The minimum atomic E-state index is -0.188. The van der Waals surface area contributed by atoms with Crippen molar-refractivity contribution in [2.45, 2.75) is 25.9 Å². The van der Waals surface area contributed by atoms with Gasteiger partial charge in [0.1, 0.15) is 12.3 Å². The summed E-state index contributed by atoms with van der Waals surface area (Å²) in [5.74, 6) is 0.378. The molecular weight excluding hydrogens is 492 g/mol. The van der Waals surface area contributed by atoms with Gasteiger partial charge in [0.25, 0.3) is 5.91 Å². The average molecular weight is 521 g/mol. The van der Waals surface area contributed by atoms with Crippen molar-refractivity contribution >= 4 is 33.9 Å². The van der Waals surface area contributed by atoms with Crippen LogP contribution in [-0.2, 0) is 17.8 Å². The number of thiophene rings is 1. The van der Waals surface area contributed by atoms with Gasteiger partial charge in [0, 0.05) is 17.0 Å². The Hall–Kier alpha value is -4.16. The number of amides is 2. The van der Waals surface area contributed by atoms with E-state index in [2.05, 4.69) is 30.5 Å². The highest BCUT2D eigenvalue weighted by molar-refractivity contribution is 7.10. The third kappa shape index (κ3) is 4.52. The number of benzene rings is 3. The van der Waals surface area contributed by atoms with Gasteiger partial charge >= 0.3 is 0 Å². The van der Waals surface area contributed by atoms with Crippen molar-refractivity contribution in [3.63, 3.8) is 0 Å². The van der Waals surface area contributed by atoms with Gasteiger partial charge in [0.05, 0.1) is 18.8 Å². The fraction of sp³-hybridized carbons (Fsp3) is 0.188. The second-order valence-corrected chi connectivity index (χ2v) is 10.7. The van der Waals surface area contributed by atoms with E-state index in [4.69, 9.17) is 4.42 Å². The molecule has 0 fully saturated rings. The number of nitrogens with zero attached hydrogens (tertiary/aromatic N) is 2. The van der Waals surface area contributed by atoms with Crippen molar-refractivity contribution in [1.29, 1.82) is 0 Å². The molecule has 1 aliphatic heterocycles. The molecule has 38 heavy (non-hydrogen) atoms. The topological polar surface area (TPSA) is 53.8 Å². The molecule has 5 nitrogen and oxygen atoms in total. The van der Waals surface area contributed by atoms with Crippen molar-refractivity contribution < 1.29 is 14.0 Å². The summed E-state index contributed by atoms with van der Waals surface area (Å²) in [6.45, 7) is 2.88. The Morgan fingerprint density at radius 2 is 1.76 bits per heavy atom. The van der Waals surface area contributed by atoms with Crippen LogP contribution in [0.15, 0.2) is 101 Å². The number of rotatable bonds is 6. The number of carbonyl (C=O) groups is 2. The molecule has 0 aliphatic carbocycles. The van der Waals surface area contributed by atoms with Crippen LogP contribution >= 0.6 is 11.3 Å². The van der Waals surface area contributed by atoms with Crippen molar-refractivity contribution in [3.8, 4) is 0 Å². The maximum Gasteiger partial charge on any atom is 0.255 e. The maximum atomic E-state index is 14.1. The number of hydrogen-bond acceptors (Lipinski definition) is 4. The van der Waals surface area contributed by atoms with Gasteiger partial charge in [-0.3, -0.25) is 9.59 Å². The van der Waals surface area contributed by atoms with Crippen LogP contribution in [0.2, 0.25) is 0 Å². The van der Waals surface area contributed by atoms with Crippen LogP contribution in [0.1, 0.15) is 43.7 Å². The van der Waals surface area contributed by atoms with E-state index in [9.17, 15) is 9.59 Å². The van der Waals surface area contributed by atoms with Gasteiger partial charge in [-0.15, -0.1) is 11.3 Å². The largest absolute Gasteiger partial charge is 0.467 e. The van der Waals surface area contributed by atoms with Gasteiger partial charge in [-0.05, 0) is 70.5 Å². The Labute approximate surface area is 225 Å². The lowest BCUT2D eigenvalue weighted by atomic mass is 9.90. The number of furan rings is 1. The Morgan fingerprint density at radius 3 is 2.61 bits per heavy atom. The molecule has 0 spiro atoms. The number of carbonyl (C=O) groups excluding carboxylic acids is 2. The normalized spacial score (nSPS) is 14.9. The first kappa shape index (κ1) is 24.2. The van der Waals surface area contributed by atoms with Crippen LogP contribution in [0, 0.1) is 6.92 Å². The Balaban J connectivity index is 1.35. The van der Waals surface area contributed by atoms with Gasteiger partial charge in [0.2, 0.25) is 5.91 Å². The molecule has 190 valence electrons. The van der Waals surface area contributed by atoms with Crippen LogP contribution in [0.4, 0.5) is 0 Å². The summed E-state index contributed by atoms with van der Waals surface area (Å²) in [4.78, 5) is 32.9. The van der Waals surface area contributed by atoms with Crippen molar-refractivity contribution in [1.82, 2.24) is 9.80 Å². The molecule has 3 heterocycles. The Bertz CT molecular complexity index is 1600. The van der Waals surface area contributed by atoms with Gasteiger partial charge in [0.15, 0.2) is 0 Å². The fourth-order valence-electron chi connectivity index (χ4n) is 5.44. The molecule has 0 radical (unpaired) electrons. The van der Waals surface area contributed by atoms with Crippen LogP contribution in [0.5, 0.6) is 0 Å². The zero-order chi connectivity index (χ0) is 26.1. The summed E-state index contributed by atoms with van der Waals surface area (Å²) in [5, 5.41) is 3.97. The highest BCUT2D eigenvalue weighted by Crippen LogP contribution is 2.39. The first-order chi connectivity index (χ1) is 18.6. The number of hydrogen-bond donors (Lipinski definition) is 0. The van der Waals surface area contributed by atoms with Crippen molar-refractivity contribution in [3.05, 3.63) is 129 Å². The Kier molecular flexibility index (Phi) is 6.56. The van der Waals surface area contributed by atoms with E-state index in [0.717, 1.165) is 28.3 Å². The molecule has 2 aromatic heterocycles.